The predicted molar refractivity (Wildman–Crippen MR) is 76.1 cm³/mol. The van der Waals surface area contributed by atoms with Gasteiger partial charge in [0.25, 0.3) is 0 Å². The molecule has 1 atom stereocenters. The van der Waals surface area contributed by atoms with Gasteiger partial charge in [-0.15, -0.1) is 0 Å². The van der Waals surface area contributed by atoms with E-state index in [4.69, 9.17) is 5.11 Å². The van der Waals surface area contributed by atoms with Crippen molar-refractivity contribution in [3.8, 4) is 0 Å². The van der Waals surface area contributed by atoms with Crippen molar-refractivity contribution < 1.29 is 19.5 Å². The lowest BCUT2D eigenvalue weighted by molar-refractivity contribution is -0.137. The van der Waals surface area contributed by atoms with Crippen LogP contribution < -0.4 is 10.6 Å². The molecular formula is C14H26N2O4. The molecule has 3 N–H and O–H groups in total. The van der Waals surface area contributed by atoms with Crippen molar-refractivity contribution >= 4 is 17.8 Å². The van der Waals surface area contributed by atoms with E-state index in [9.17, 15) is 14.4 Å². The molecule has 116 valence electrons. The second-order valence-corrected chi connectivity index (χ2v) is 6.04. The van der Waals surface area contributed by atoms with E-state index in [0.717, 1.165) is 6.42 Å². The molecule has 0 aliphatic heterocycles. The molecule has 6 nitrogen and oxygen atoms in total. The molecule has 0 rings (SSSR count). The van der Waals surface area contributed by atoms with Crippen molar-refractivity contribution in [3.63, 3.8) is 0 Å². The Kier molecular flexibility index (Phi) is 7.87. The topological polar surface area (TPSA) is 95.5 Å². The SMILES string of the molecule is CC(=O)NCC(=O)NCCC(CCC(=O)O)C(C)(C)C. The number of amides is 2. The van der Waals surface area contributed by atoms with Crippen LogP contribution in [-0.2, 0) is 14.4 Å². The fourth-order valence-corrected chi connectivity index (χ4v) is 1.96. The van der Waals surface area contributed by atoms with Crippen LogP contribution in [0.3, 0.4) is 0 Å². The normalized spacial score (nSPS) is 12.6. The molecule has 0 aliphatic carbocycles. The Bertz CT molecular complexity index is 348. The smallest absolute Gasteiger partial charge is 0.303 e. The summed E-state index contributed by atoms with van der Waals surface area (Å²) in [7, 11) is 0. The molecule has 0 heterocycles. The Morgan fingerprint density at radius 2 is 1.70 bits per heavy atom. The van der Waals surface area contributed by atoms with Crippen molar-refractivity contribution in [2.24, 2.45) is 11.3 Å². The molecular weight excluding hydrogens is 260 g/mol. The summed E-state index contributed by atoms with van der Waals surface area (Å²) in [6.07, 6.45) is 1.46. The summed E-state index contributed by atoms with van der Waals surface area (Å²) in [5.74, 6) is -1.05. The molecule has 0 radical (unpaired) electrons. The van der Waals surface area contributed by atoms with Gasteiger partial charge in [-0.1, -0.05) is 20.8 Å². The van der Waals surface area contributed by atoms with Crippen LogP contribution in [0.5, 0.6) is 0 Å². The standard InChI is InChI=1S/C14H26N2O4/c1-10(17)16-9-12(18)15-8-7-11(14(2,3)4)5-6-13(19)20/h11H,5-9H2,1-4H3,(H,15,18)(H,16,17)(H,19,20). The number of hydrogen-bond donors (Lipinski definition) is 3. The number of carboxylic acids is 1. The lowest BCUT2D eigenvalue weighted by Crippen LogP contribution is -2.37. The number of carbonyl (C=O) groups excluding carboxylic acids is 2. The zero-order valence-corrected chi connectivity index (χ0v) is 12.8. The van der Waals surface area contributed by atoms with Crippen molar-refractivity contribution in [2.75, 3.05) is 13.1 Å². The molecule has 0 saturated heterocycles. The van der Waals surface area contributed by atoms with Crippen molar-refractivity contribution in [3.05, 3.63) is 0 Å². The molecule has 0 aliphatic rings. The van der Waals surface area contributed by atoms with Gasteiger partial charge in [-0.2, -0.15) is 0 Å². The summed E-state index contributed by atoms with van der Waals surface area (Å²) >= 11 is 0. The summed E-state index contributed by atoms with van der Waals surface area (Å²) in [6.45, 7) is 8.02. The molecule has 0 aromatic heterocycles. The predicted octanol–water partition coefficient (Wildman–Crippen LogP) is 1.16. The van der Waals surface area contributed by atoms with E-state index in [2.05, 4.69) is 31.4 Å². The van der Waals surface area contributed by atoms with Crippen LogP contribution in [0.2, 0.25) is 0 Å². The molecule has 0 fully saturated rings. The van der Waals surface area contributed by atoms with Crippen LogP contribution in [0.25, 0.3) is 0 Å². The fraction of sp³-hybridized carbons (Fsp3) is 0.786. The van der Waals surface area contributed by atoms with E-state index in [0.29, 0.717) is 13.0 Å². The number of hydrogen-bond acceptors (Lipinski definition) is 3. The Morgan fingerprint density at radius 3 is 2.15 bits per heavy atom. The van der Waals surface area contributed by atoms with Gasteiger partial charge in [0.2, 0.25) is 11.8 Å². The van der Waals surface area contributed by atoms with Crippen LogP contribution in [0.15, 0.2) is 0 Å². The lowest BCUT2D eigenvalue weighted by atomic mass is 9.76. The monoisotopic (exact) mass is 286 g/mol. The maximum absolute atomic E-state index is 11.4. The highest BCUT2D eigenvalue weighted by Gasteiger charge is 2.24. The first-order chi connectivity index (χ1) is 9.12. The van der Waals surface area contributed by atoms with E-state index in [1.807, 2.05) is 0 Å². The molecule has 2 amide bonds. The van der Waals surface area contributed by atoms with Gasteiger partial charge in [0, 0.05) is 19.9 Å². The minimum absolute atomic E-state index is 0.00217. The minimum atomic E-state index is -0.797. The molecule has 6 heteroatoms. The largest absolute Gasteiger partial charge is 0.481 e. The van der Waals surface area contributed by atoms with Gasteiger partial charge in [-0.05, 0) is 24.2 Å². The van der Waals surface area contributed by atoms with Gasteiger partial charge in [0.1, 0.15) is 0 Å². The molecule has 0 bridgehead atoms. The Balaban J connectivity index is 4.10. The number of nitrogens with one attached hydrogen (secondary N) is 2. The van der Waals surface area contributed by atoms with Crippen LogP contribution in [0.1, 0.15) is 47.0 Å². The quantitative estimate of drug-likeness (QED) is 0.624. The average molecular weight is 286 g/mol. The number of rotatable bonds is 8. The lowest BCUT2D eigenvalue weighted by Gasteiger charge is -2.30. The minimum Gasteiger partial charge on any atom is -0.481 e. The molecule has 0 aromatic carbocycles. The first-order valence-corrected chi connectivity index (χ1v) is 6.86. The molecule has 1 unspecified atom stereocenters. The van der Waals surface area contributed by atoms with E-state index in [-0.39, 0.29) is 36.1 Å². The number of aliphatic carboxylic acids is 1. The maximum Gasteiger partial charge on any atom is 0.303 e. The molecule has 0 spiro atoms. The average Bonchev–Trinajstić information content (AvgIpc) is 2.28. The fourth-order valence-electron chi connectivity index (χ4n) is 1.96. The van der Waals surface area contributed by atoms with Crippen molar-refractivity contribution in [2.45, 2.75) is 47.0 Å². The third kappa shape index (κ3) is 9.35. The van der Waals surface area contributed by atoms with Gasteiger partial charge >= 0.3 is 5.97 Å². The van der Waals surface area contributed by atoms with Crippen LogP contribution >= 0.6 is 0 Å². The van der Waals surface area contributed by atoms with Crippen LogP contribution in [-0.4, -0.2) is 36.0 Å². The summed E-state index contributed by atoms with van der Waals surface area (Å²) in [5.41, 5.74) is -0.00217. The van der Waals surface area contributed by atoms with E-state index >= 15 is 0 Å². The van der Waals surface area contributed by atoms with E-state index in [1.54, 1.807) is 0 Å². The highest BCUT2D eigenvalue weighted by atomic mass is 16.4. The van der Waals surface area contributed by atoms with Gasteiger partial charge < -0.3 is 15.7 Å². The third-order valence-corrected chi connectivity index (χ3v) is 3.24. The summed E-state index contributed by atoms with van der Waals surface area (Å²) in [6, 6.07) is 0. The van der Waals surface area contributed by atoms with Crippen molar-refractivity contribution in [1.29, 1.82) is 0 Å². The van der Waals surface area contributed by atoms with Gasteiger partial charge in [0.15, 0.2) is 0 Å². The zero-order valence-electron chi connectivity index (χ0n) is 12.8. The third-order valence-electron chi connectivity index (χ3n) is 3.24. The summed E-state index contributed by atoms with van der Waals surface area (Å²) < 4.78 is 0. The number of carboxylic acid groups (broad SMARTS) is 1. The first-order valence-electron chi connectivity index (χ1n) is 6.86. The maximum atomic E-state index is 11.4. The van der Waals surface area contributed by atoms with Gasteiger partial charge in [-0.3, -0.25) is 14.4 Å². The Hall–Kier alpha value is -1.59. The van der Waals surface area contributed by atoms with Crippen molar-refractivity contribution in [1.82, 2.24) is 10.6 Å². The Morgan fingerprint density at radius 1 is 1.10 bits per heavy atom. The summed E-state index contributed by atoms with van der Waals surface area (Å²) in [5, 5.41) is 13.9. The second-order valence-electron chi connectivity index (χ2n) is 6.04. The van der Waals surface area contributed by atoms with E-state index in [1.165, 1.54) is 6.92 Å². The van der Waals surface area contributed by atoms with Crippen LogP contribution in [0.4, 0.5) is 0 Å². The molecule has 20 heavy (non-hydrogen) atoms. The molecule has 0 aromatic rings. The van der Waals surface area contributed by atoms with Gasteiger partial charge in [-0.25, -0.2) is 0 Å². The highest BCUT2D eigenvalue weighted by molar-refractivity contribution is 5.83. The first kappa shape index (κ1) is 18.4. The zero-order chi connectivity index (χ0) is 15.8. The second kappa shape index (κ2) is 8.55. The van der Waals surface area contributed by atoms with Crippen LogP contribution in [0, 0.1) is 11.3 Å². The Labute approximate surface area is 120 Å². The molecule has 0 saturated carbocycles. The highest BCUT2D eigenvalue weighted by Crippen LogP contribution is 2.32. The summed E-state index contributed by atoms with van der Waals surface area (Å²) in [4.78, 5) is 32.7. The van der Waals surface area contributed by atoms with Gasteiger partial charge in [0.05, 0.1) is 6.54 Å². The van der Waals surface area contributed by atoms with E-state index < -0.39 is 5.97 Å². The number of carbonyl (C=O) groups is 3.